The Morgan fingerprint density at radius 3 is 2.00 bits per heavy atom. The molecule has 10 heteroatoms. The summed E-state index contributed by atoms with van der Waals surface area (Å²) in [5, 5.41) is 14.5. The van der Waals surface area contributed by atoms with Crippen LogP contribution in [0, 0.1) is 5.92 Å². The number of nitrogens with one attached hydrogen (secondary N) is 2. The van der Waals surface area contributed by atoms with Crippen molar-refractivity contribution < 1.29 is 29.1 Å². The molecule has 0 unspecified atom stereocenters. The minimum absolute atomic E-state index is 0.217. The van der Waals surface area contributed by atoms with Crippen LogP contribution in [0.25, 0.3) is 0 Å². The van der Waals surface area contributed by atoms with Gasteiger partial charge in [-0.15, -0.1) is 0 Å². The molecule has 0 aliphatic heterocycles. The molecule has 0 saturated carbocycles. The zero-order valence-electron chi connectivity index (χ0n) is 20.6. The van der Waals surface area contributed by atoms with Gasteiger partial charge >= 0.3 is 5.97 Å². The van der Waals surface area contributed by atoms with Crippen LogP contribution < -0.4 is 22.1 Å². The van der Waals surface area contributed by atoms with Crippen LogP contribution in [0.15, 0.2) is 60.7 Å². The maximum Gasteiger partial charge on any atom is 0.326 e. The summed E-state index contributed by atoms with van der Waals surface area (Å²) in [6.45, 7) is 0.394. The third-order valence-electron chi connectivity index (χ3n) is 5.86. The van der Waals surface area contributed by atoms with Crippen LogP contribution >= 0.6 is 0 Å². The number of amides is 3. The Bertz CT molecular complexity index is 1060. The van der Waals surface area contributed by atoms with E-state index in [9.17, 15) is 29.1 Å². The van der Waals surface area contributed by atoms with Crippen LogP contribution in [0.2, 0.25) is 0 Å². The molecule has 2 rings (SSSR count). The minimum atomic E-state index is -1.50. The second kappa shape index (κ2) is 15.1. The second-order valence-electron chi connectivity index (χ2n) is 8.80. The van der Waals surface area contributed by atoms with E-state index in [2.05, 4.69) is 10.6 Å². The first-order chi connectivity index (χ1) is 17.7. The lowest BCUT2D eigenvalue weighted by molar-refractivity contribution is -0.144. The van der Waals surface area contributed by atoms with Gasteiger partial charge < -0.3 is 27.2 Å². The van der Waals surface area contributed by atoms with E-state index < -0.39 is 48.1 Å². The molecular formula is C27H34N4O6. The summed E-state index contributed by atoms with van der Waals surface area (Å²) in [6.07, 6.45) is 0.840. The predicted molar refractivity (Wildman–Crippen MR) is 137 cm³/mol. The number of hydrogen-bond donors (Lipinski definition) is 5. The molecule has 0 bridgehead atoms. The quantitative estimate of drug-likeness (QED) is 0.210. The normalized spacial score (nSPS) is 13.1. The van der Waals surface area contributed by atoms with Gasteiger partial charge in [-0.3, -0.25) is 19.2 Å². The first-order valence-electron chi connectivity index (χ1n) is 12.1. The Labute approximate surface area is 215 Å². The van der Waals surface area contributed by atoms with Gasteiger partial charge in [-0.1, -0.05) is 55.0 Å². The summed E-state index contributed by atoms with van der Waals surface area (Å²) in [7, 11) is 0. The third-order valence-corrected chi connectivity index (χ3v) is 5.86. The van der Waals surface area contributed by atoms with Crippen molar-refractivity contribution in [2.45, 2.75) is 50.6 Å². The van der Waals surface area contributed by atoms with Crippen molar-refractivity contribution >= 4 is 29.5 Å². The van der Waals surface area contributed by atoms with Crippen molar-refractivity contribution in [1.29, 1.82) is 0 Å². The minimum Gasteiger partial charge on any atom is -0.480 e. The van der Waals surface area contributed by atoms with E-state index in [1.165, 1.54) is 0 Å². The van der Waals surface area contributed by atoms with Gasteiger partial charge in [0.05, 0.1) is 12.5 Å². The maximum atomic E-state index is 13.4. The summed E-state index contributed by atoms with van der Waals surface area (Å²) in [6, 6.07) is 15.2. The molecule has 37 heavy (non-hydrogen) atoms. The number of Topliss-reactive ketones (excluding diaryl/α,β-unsaturated/α-hetero) is 1. The fraction of sp³-hybridized carbons (Fsp3) is 0.370. The third kappa shape index (κ3) is 10.2. The smallest absolute Gasteiger partial charge is 0.326 e. The van der Waals surface area contributed by atoms with Crippen LogP contribution in [-0.4, -0.2) is 53.2 Å². The zero-order valence-corrected chi connectivity index (χ0v) is 20.6. The van der Waals surface area contributed by atoms with Crippen LogP contribution in [0.3, 0.4) is 0 Å². The first kappa shape index (κ1) is 29.2. The standard InChI is InChI=1S/C27H34N4O6/c28-14-8-7-13-20(26(35)31-22(27(36)37)17-24(29)33)16-23(32)21(15-18-9-3-1-4-10-18)30-25(34)19-11-5-2-6-12-19/h1-6,9-12,20-22H,7-8,13-17,28H2,(H2,29,33)(H,30,34)(H,31,35)(H,36,37)/t20-,21+,22+/m1/s1. The van der Waals surface area contributed by atoms with Crippen molar-refractivity contribution in [1.82, 2.24) is 10.6 Å². The van der Waals surface area contributed by atoms with Gasteiger partial charge in [-0.05, 0) is 43.5 Å². The number of carboxylic acid groups (broad SMARTS) is 1. The maximum absolute atomic E-state index is 13.4. The first-order valence-corrected chi connectivity index (χ1v) is 12.1. The van der Waals surface area contributed by atoms with Gasteiger partial charge in [0.15, 0.2) is 5.78 Å². The van der Waals surface area contributed by atoms with Crippen molar-refractivity contribution in [2.24, 2.45) is 17.4 Å². The van der Waals surface area contributed by atoms with Crippen LogP contribution in [0.4, 0.5) is 0 Å². The van der Waals surface area contributed by atoms with E-state index in [0.717, 1.165) is 5.56 Å². The SMILES string of the molecule is NCCCC[C@H](CC(=O)[C@H](Cc1ccccc1)NC(=O)c1ccccc1)C(=O)N[C@@H](CC(N)=O)C(=O)O. The molecule has 0 saturated heterocycles. The molecule has 10 nitrogen and oxygen atoms in total. The molecule has 0 spiro atoms. The van der Waals surface area contributed by atoms with Crippen LogP contribution in [-0.2, 0) is 25.6 Å². The number of rotatable bonds is 16. The van der Waals surface area contributed by atoms with Gasteiger partial charge in [0, 0.05) is 17.9 Å². The number of hydrogen-bond acceptors (Lipinski definition) is 6. The summed E-state index contributed by atoms with van der Waals surface area (Å²) in [5.41, 5.74) is 11.9. The van der Waals surface area contributed by atoms with Gasteiger partial charge in [0.25, 0.3) is 5.91 Å². The number of ketones is 1. The van der Waals surface area contributed by atoms with E-state index in [1.807, 2.05) is 30.3 Å². The molecule has 3 amide bonds. The highest BCUT2D eigenvalue weighted by Gasteiger charge is 2.31. The van der Waals surface area contributed by atoms with Gasteiger partial charge in [-0.2, -0.15) is 0 Å². The number of nitrogens with two attached hydrogens (primary N) is 2. The van der Waals surface area contributed by atoms with E-state index in [1.54, 1.807) is 30.3 Å². The average Bonchev–Trinajstić information content (AvgIpc) is 2.88. The lowest BCUT2D eigenvalue weighted by Crippen LogP contribution is -2.47. The number of carbonyl (C=O) groups is 5. The highest BCUT2D eigenvalue weighted by molar-refractivity contribution is 5.99. The van der Waals surface area contributed by atoms with Crippen molar-refractivity contribution in [3.05, 3.63) is 71.8 Å². The van der Waals surface area contributed by atoms with E-state index >= 15 is 0 Å². The molecule has 0 radical (unpaired) electrons. The lowest BCUT2D eigenvalue weighted by Gasteiger charge is -2.23. The Morgan fingerprint density at radius 2 is 1.43 bits per heavy atom. The summed E-state index contributed by atoms with van der Waals surface area (Å²) >= 11 is 0. The summed E-state index contributed by atoms with van der Waals surface area (Å²) in [5.74, 6) is -4.63. The molecule has 0 aromatic heterocycles. The number of carbonyl (C=O) groups excluding carboxylic acids is 4. The molecule has 2 aromatic rings. The van der Waals surface area contributed by atoms with Crippen LogP contribution in [0.5, 0.6) is 0 Å². The topological polar surface area (TPSA) is 182 Å². The Kier molecular flexibility index (Phi) is 11.9. The molecule has 7 N–H and O–H groups in total. The fourth-order valence-corrected chi connectivity index (χ4v) is 3.86. The van der Waals surface area contributed by atoms with Crippen molar-refractivity contribution in [3.63, 3.8) is 0 Å². The fourth-order valence-electron chi connectivity index (χ4n) is 3.86. The number of carboxylic acids is 1. The van der Waals surface area contributed by atoms with Crippen molar-refractivity contribution in [2.75, 3.05) is 6.54 Å². The molecule has 3 atom stereocenters. The largest absolute Gasteiger partial charge is 0.480 e. The molecule has 0 heterocycles. The van der Waals surface area contributed by atoms with Crippen LogP contribution in [0.1, 0.15) is 48.0 Å². The van der Waals surface area contributed by atoms with E-state index in [0.29, 0.717) is 24.9 Å². The second-order valence-corrected chi connectivity index (χ2v) is 8.80. The summed E-state index contributed by atoms with van der Waals surface area (Å²) < 4.78 is 0. The number of aliphatic carboxylic acids is 1. The molecule has 0 aliphatic rings. The molecule has 2 aromatic carbocycles. The van der Waals surface area contributed by atoms with Gasteiger partial charge in [0.2, 0.25) is 11.8 Å². The number of unbranched alkanes of at least 4 members (excludes halogenated alkanes) is 1. The molecule has 0 fully saturated rings. The average molecular weight is 511 g/mol. The molecule has 0 aliphatic carbocycles. The lowest BCUT2D eigenvalue weighted by atomic mass is 9.90. The monoisotopic (exact) mass is 510 g/mol. The Hall–Kier alpha value is -4.05. The molecular weight excluding hydrogens is 476 g/mol. The number of primary amides is 1. The highest BCUT2D eigenvalue weighted by atomic mass is 16.4. The molecule has 198 valence electrons. The zero-order chi connectivity index (χ0) is 27.2. The number of benzene rings is 2. The summed E-state index contributed by atoms with van der Waals surface area (Å²) in [4.78, 5) is 62.0. The van der Waals surface area contributed by atoms with Gasteiger partial charge in [0.1, 0.15) is 6.04 Å². The van der Waals surface area contributed by atoms with E-state index in [-0.39, 0.29) is 25.0 Å². The predicted octanol–water partition coefficient (Wildman–Crippen LogP) is 1.18. The van der Waals surface area contributed by atoms with Gasteiger partial charge in [-0.25, -0.2) is 4.79 Å². The van der Waals surface area contributed by atoms with E-state index in [4.69, 9.17) is 11.5 Å². The van der Waals surface area contributed by atoms with Crippen molar-refractivity contribution in [3.8, 4) is 0 Å². The highest BCUT2D eigenvalue weighted by Crippen LogP contribution is 2.17. The Balaban J connectivity index is 2.23. The Morgan fingerprint density at radius 1 is 0.811 bits per heavy atom.